The van der Waals surface area contributed by atoms with Gasteiger partial charge in [-0.15, -0.1) is 3.89 Å². The molecule has 6 nitrogen and oxygen atoms in total. The molecule has 0 aliphatic carbocycles. The maximum atomic E-state index is 12.9. The van der Waals surface area contributed by atoms with Gasteiger partial charge in [-0.3, -0.25) is 4.79 Å². The molecule has 1 aromatic carbocycles. The van der Waals surface area contributed by atoms with Crippen LogP contribution in [-0.4, -0.2) is 43.3 Å². The summed E-state index contributed by atoms with van der Waals surface area (Å²) in [6.07, 6.45) is -0.450. The SMILES string of the molecule is O=C1CC(S(=O)(=O)F)CN1c1ccccc1B(O)O. The summed E-state index contributed by atoms with van der Waals surface area (Å²) in [5, 5.41) is 17.0. The molecule has 0 aromatic heterocycles. The second-order valence-electron chi connectivity index (χ2n) is 4.24. The Bertz CT molecular complexity index is 606. The van der Waals surface area contributed by atoms with Crippen molar-refractivity contribution in [1.82, 2.24) is 0 Å². The number of amides is 1. The minimum Gasteiger partial charge on any atom is -0.423 e. The Kier molecular flexibility index (Phi) is 3.61. The highest BCUT2D eigenvalue weighted by atomic mass is 32.3. The monoisotopic (exact) mass is 287 g/mol. The zero-order valence-electron chi connectivity index (χ0n) is 9.73. The van der Waals surface area contributed by atoms with Crippen LogP contribution in [0.1, 0.15) is 6.42 Å². The van der Waals surface area contributed by atoms with E-state index in [-0.39, 0.29) is 17.7 Å². The highest BCUT2D eigenvalue weighted by Gasteiger charge is 2.40. The number of carbonyl (C=O) groups is 1. The second-order valence-corrected chi connectivity index (χ2v) is 5.86. The number of carbonyl (C=O) groups excluding carboxylic acids is 1. The number of rotatable bonds is 3. The van der Waals surface area contributed by atoms with E-state index in [9.17, 15) is 27.1 Å². The molecule has 1 unspecified atom stereocenters. The molecule has 1 saturated heterocycles. The van der Waals surface area contributed by atoms with Crippen molar-refractivity contribution in [2.45, 2.75) is 11.7 Å². The lowest BCUT2D eigenvalue weighted by Gasteiger charge is -2.19. The Morgan fingerprint density at radius 1 is 1.32 bits per heavy atom. The standard InChI is InChI=1S/C10H11BFNO5S/c12-19(17,18)7-5-10(14)13(6-7)9-4-2-1-3-8(9)11(15)16/h1-4,7,15-16H,5-6H2. The van der Waals surface area contributed by atoms with Gasteiger partial charge in [0.1, 0.15) is 5.25 Å². The van der Waals surface area contributed by atoms with Crippen molar-refractivity contribution in [3.05, 3.63) is 24.3 Å². The van der Waals surface area contributed by atoms with Gasteiger partial charge in [-0.1, -0.05) is 18.2 Å². The van der Waals surface area contributed by atoms with E-state index in [0.29, 0.717) is 0 Å². The fourth-order valence-corrected chi connectivity index (χ4v) is 2.72. The van der Waals surface area contributed by atoms with Gasteiger partial charge >= 0.3 is 17.3 Å². The first-order valence-electron chi connectivity index (χ1n) is 5.49. The van der Waals surface area contributed by atoms with Gasteiger partial charge in [0.25, 0.3) is 0 Å². The maximum absolute atomic E-state index is 12.9. The van der Waals surface area contributed by atoms with Gasteiger partial charge in [-0.05, 0) is 6.07 Å². The molecule has 1 atom stereocenters. The van der Waals surface area contributed by atoms with Crippen LogP contribution in [0.15, 0.2) is 24.3 Å². The molecule has 1 fully saturated rings. The van der Waals surface area contributed by atoms with Gasteiger partial charge in [0.15, 0.2) is 0 Å². The van der Waals surface area contributed by atoms with E-state index in [1.54, 1.807) is 12.1 Å². The van der Waals surface area contributed by atoms with Crippen LogP contribution in [0.2, 0.25) is 0 Å². The Labute approximate surface area is 109 Å². The van der Waals surface area contributed by atoms with Crippen LogP contribution in [0.3, 0.4) is 0 Å². The van der Waals surface area contributed by atoms with Crippen molar-refractivity contribution in [2.24, 2.45) is 0 Å². The number of benzene rings is 1. The lowest BCUT2D eigenvalue weighted by Crippen LogP contribution is -2.38. The molecule has 1 aliphatic heterocycles. The predicted octanol–water partition coefficient (Wildman–Crippen LogP) is -1.23. The summed E-state index contributed by atoms with van der Waals surface area (Å²) in [7, 11) is -6.60. The van der Waals surface area contributed by atoms with E-state index in [2.05, 4.69) is 0 Å². The summed E-state index contributed by atoms with van der Waals surface area (Å²) < 4.78 is 34.6. The Balaban J connectivity index is 2.36. The lowest BCUT2D eigenvalue weighted by molar-refractivity contribution is -0.117. The van der Waals surface area contributed by atoms with Gasteiger partial charge in [0.2, 0.25) is 5.91 Å². The fraction of sp³-hybridized carbons (Fsp3) is 0.300. The van der Waals surface area contributed by atoms with Crippen LogP contribution in [-0.2, 0) is 15.0 Å². The molecule has 1 heterocycles. The molecule has 2 N–H and O–H groups in total. The number of halogens is 1. The van der Waals surface area contributed by atoms with Crippen molar-refractivity contribution in [3.63, 3.8) is 0 Å². The first-order chi connectivity index (χ1) is 8.80. The fourth-order valence-electron chi connectivity index (χ4n) is 2.05. The quantitative estimate of drug-likeness (QED) is 0.536. The molecule has 2 rings (SSSR count). The summed E-state index contributed by atoms with van der Waals surface area (Å²) in [6.45, 7) is -0.332. The molecule has 0 saturated carbocycles. The van der Waals surface area contributed by atoms with Gasteiger partial charge in [0.05, 0.1) is 0 Å². The molecule has 9 heteroatoms. The molecule has 0 spiro atoms. The number of para-hydroxylation sites is 1. The third kappa shape index (κ3) is 2.77. The highest BCUT2D eigenvalue weighted by Crippen LogP contribution is 2.24. The molecule has 0 radical (unpaired) electrons. The van der Waals surface area contributed by atoms with E-state index < -0.39 is 34.9 Å². The number of nitrogens with zero attached hydrogens (tertiary/aromatic N) is 1. The molecule has 1 aliphatic rings. The first kappa shape index (κ1) is 14.0. The maximum Gasteiger partial charge on any atom is 0.490 e. The zero-order valence-corrected chi connectivity index (χ0v) is 10.5. The molecule has 0 bridgehead atoms. The molecule has 102 valence electrons. The third-order valence-electron chi connectivity index (χ3n) is 2.99. The van der Waals surface area contributed by atoms with Gasteiger partial charge in [-0.2, -0.15) is 8.42 Å². The predicted molar refractivity (Wildman–Crippen MR) is 67.1 cm³/mol. The van der Waals surface area contributed by atoms with Gasteiger partial charge in [0, 0.05) is 24.1 Å². The third-order valence-corrected chi connectivity index (χ3v) is 4.11. The van der Waals surface area contributed by atoms with Crippen LogP contribution in [0.4, 0.5) is 9.57 Å². The second kappa shape index (κ2) is 4.91. The first-order valence-corrected chi connectivity index (χ1v) is 6.94. The highest BCUT2D eigenvalue weighted by molar-refractivity contribution is 7.87. The molecule has 19 heavy (non-hydrogen) atoms. The summed E-state index contributed by atoms with van der Waals surface area (Å²) in [6, 6.07) is 5.94. The van der Waals surface area contributed by atoms with E-state index in [0.717, 1.165) is 4.90 Å². The minimum atomic E-state index is -4.80. The van der Waals surface area contributed by atoms with Gasteiger partial charge < -0.3 is 14.9 Å². The molecular weight excluding hydrogens is 276 g/mol. The average molecular weight is 287 g/mol. The molecule has 1 amide bonds. The zero-order chi connectivity index (χ0) is 14.2. The van der Waals surface area contributed by atoms with Crippen molar-refractivity contribution < 1.29 is 27.1 Å². The van der Waals surface area contributed by atoms with Crippen LogP contribution in [0.5, 0.6) is 0 Å². The Morgan fingerprint density at radius 2 is 1.95 bits per heavy atom. The number of hydrogen-bond donors (Lipinski definition) is 2. The van der Waals surface area contributed by atoms with E-state index in [1.807, 2.05) is 0 Å². The summed E-state index contributed by atoms with van der Waals surface area (Å²) in [5.74, 6) is -0.570. The van der Waals surface area contributed by atoms with Crippen molar-refractivity contribution in [3.8, 4) is 0 Å². The molecular formula is C10H11BFNO5S. The van der Waals surface area contributed by atoms with Gasteiger partial charge in [-0.25, -0.2) is 0 Å². The lowest BCUT2D eigenvalue weighted by atomic mass is 9.79. The Morgan fingerprint density at radius 3 is 2.47 bits per heavy atom. The summed E-state index contributed by atoms with van der Waals surface area (Å²) >= 11 is 0. The van der Waals surface area contributed by atoms with Crippen LogP contribution in [0, 0.1) is 0 Å². The van der Waals surface area contributed by atoms with Crippen molar-refractivity contribution in [2.75, 3.05) is 11.4 Å². The number of hydrogen-bond acceptors (Lipinski definition) is 5. The minimum absolute atomic E-state index is 0.0627. The van der Waals surface area contributed by atoms with Crippen LogP contribution >= 0.6 is 0 Å². The summed E-state index contributed by atoms with van der Waals surface area (Å²) in [4.78, 5) is 12.8. The van der Waals surface area contributed by atoms with Crippen LogP contribution in [0.25, 0.3) is 0 Å². The average Bonchev–Trinajstić information content (AvgIpc) is 2.71. The van der Waals surface area contributed by atoms with E-state index in [1.165, 1.54) is 12.1 Å². The van der Waals surface area contributed by atoms with Crippen molar-refractivity contribution in [1.29, 1.82) is 0 Å². The normalized spacial score (nSPS) is 19.8. The number of anilines is 1. The molecule has 1 aromatic rings. The topological polar surface area (TPSA) is 94.9 Å². The smallest absolute Gasteiger partial charge is 0.423 e. The Hall–Kier alpha value is -1.45. The summed E-state index contributed by atoms with van der Waals surface area (Å²) in [5.41, 5.74) is 0.237. The van der Waals surface area contributed by atoms with Crippen molar-refractivity contribution >= 4 is 34.4 Å². The van der Waals surface area contributed by atoms with E-state index in [4.69, 9.17) is 0 Å². The van der Waals surface area contributed by atoms with Crippen LogP contribution < -0.4 is 10.4 Å². The van der Waals surface area contributed by atoms with E-state index >= 15 is 0 Å². The largest absolute Gasteiger partial charge is 0.490 e.